The molecule has 2 amide bonds. The van der Waals surface area contributed by atoms with Crippen molar-refractivity contribution >= 4 is 72.5 Å². The highest BCUT2D eigenvalue weighted by molar-refractivity contribution is 6.41. The second-order valence-electron chi connectivity index (χ2n) is 7.69. The maximum atomic E-state index is 12.7. The number of nitrogen functional groups attached to an aromatic ring is 1. The normalized spacial score (nSPS) is 11.5. The van der Waals surface area contributed by atoms with Gasteiger partial charge in [-0.3, -0.25) is 9.59 Å². The molecule has 0 heterocycles. The van der Waals surface area contributed by atoms with Gasteiger partial charge >= 0.3 is 11.9 Å². The molecule has 0 saturated heterocycles. The average molecular weight is 441 g/mol. The van der Waals surface area contributed by atoms with E-state index in [4.69, 9.17) is 17.2 Å². The lowest BCUT2D eigenvalue weighted by atomic mass is 9.81. The maximum absolute atomic E-state index is 12.7. The molecule has 0 unspecified atom stereocenters. The zero-order valence-corrected chi connectivity index (χ0v) is 16.8. The van der Waals surface area contributed by atoms with Crippen LogP contribution in [0.4, 0.5) is 5.69 Å². The van der Waals surface area contributed by atoms with Crippen molar-refractivity contribution in [3.63, 3.8) is 0 Å². The summed E-state index contributed by atoms with van der Waals surface area (Å²) >= 11 is 0. The van der Waals surface area contributed by atoms with Gasteiger partial charge in [-0.2, -0.15) is 0 Å². The van der Waals surface area contributed by atoms with E-state index in [0.717, 1.165) is 10.8 Å². The van der Waals surface area contributed by atoms with Crippen LogP contribution in [0.25, 0.3) is 43.1 Å². The highest BCUT2D eigenvalue weighted by atomic mass is 16.4. The molecule has 0 atom stereocenters. The quantitative estimate of drug-likeness (QED) is 0.161. The van der Waals surface area contributed by atoms with E-state index in [1.165, 1.54) is 6.07 Å². The van der Waals surface area contributed by atoms with Gasteiger partial charge in [0.2, 0.25) is 11.8 Å². The Balaban J connectivity index is 2.36. The Morgan fingerprint density at radius 1 is 0.606 bits per heavy atom. The van der Waals surface area contributed by atoms with Gasteiger partial charge in [0.05, 0.1) is 22.3 Å². The topological polar surface area (TPSA) is 187 Å². The van der Waals surface area contributed by atoms with Crippen LogP contribution in [0.1, 0.15) is 41.4 Å². The molecular weight excluding hydrogens is 426 g/mol. The molecule has 0 aromatic heterocycles. The summed E-state index contributed by atoms with van der Waals surface area (Å²) in [7, 11) is 0. The molecule has 9 nitrogen and oxygen atoms in total. The lowest BCUT2D eigenvalue weighted by Gasteiger charge is -2.22. The van der Waals surface area contributed by atoms with E-state index in [2.05, 4.69) is 0 Å². The monoisotopic (exact) mass is 441 g/mol. The van der Waals surface area contributed by atoms with Gasteiger partial charge in [0, 0.05) is 21.8 Å². The number of carboxylic acid groups (broad SMARTS) is 2. The first-order valence-corrected chi connectivity index (χ1v) is 9.70. The number of carboxylic acids is 2. The van der Waals surface area contributed by atoms with Crippen LogP contribution < -0.4 is 17.2 Å². The number of hydrogen-bond acceptors (Lipinski definition) is 5. The van der Waals surface area contributed by atoms with Gasteiger partial charge < -0.3 is 27.4 Å². The van der Waals surface area contributed by atoms with Crippen molar-refractivity contribution in [1.82, 2.24) is 0 Å². The number of carbonyl (C=O) groups excluding carboxylic acids is 2. The van der Waals surface area contributed by atoms with E-state index in [-0.39, 0.29) is 27.4 Å². The molecule has 5 aromatic carbocycles. The molecule has 0 bridgehead atoms. The van der Waals surface area contributed by atoms with Crippen LogP contribution in [-0.4, -0.2) is 34.0 Å². The predicted molar refractivity (Wildman–Crippen MR) is 123 cm³/mol. The highest BCUT2D eigenvalue weighted by Gasteiger charge is 2.33. The third-order valence-electron chi connectivity index (χ3n) is 5.99. The fraction of sp³-hybridized carbons (Fsp3) is 0. The van der Waals surface area contributed by atoms with Gasteiger partial charge in [0.1, 0.15) is 0 Å². The Morgan fingerprint density at radius 2 is 1.18 bits per heavy atom. The van der Waals surface area contributed by atoms with Crippen LogP contribution >= 0.6 is 0 Å². The predicted octanol–water partition coefficient (Wildman–Crippen LogP) is 2.91. The van der Waals surface area contributed by atoms with Crippen molar-refractivity contribution in [3.8, 4) is 0 Å². The average Bonchev–Trinajstić information content (AvgIpc) is 2.74. The Hall–Kier alpha value is -4.92. The van der Waals surface area contributed by atoms with Crippen molar-refractivity contribution in [1.29, 1.82) is 0 Å². The summed E-state index contributed by atoms with van der Waals surface area (Å²) in [4.78, 5) is 49.7. The fourth-order valence-electron chi connectivity index (χ4n) is 4.91. The largest absolute Gasteiger partial charge is 0.478 e. The minimum atomic E-state index is -1.64. The van der Waals surface area contributed by atoms with E-state index in [1.807, 2.05) is 12.1 Å². The van der Waals surface area contributed by atoms with E-state index in [0.29, 0.717) is 16.2 Å². The molecule has 5 aromatic rings. The van der Waals surface area contributed by atoms with Gasteiger partial charge in [-0.05, 0) is 33.0 Å². The third kappa shape index (κ3) is 2.47. The minimum absolute atomic E-state index is 0.151. The molecule has 0 aliphatic rings. The van der Waals surface area contributed by atoms with Crippen LogP contribution in [0.5, 0.6) is 0 Å². The molecule has 0 radical (unpaired) electrons. The molecule has 33 heavy (non-hydrogen) atoms. The molecule has 8 N–H and O–H groups in total. The van der Waals surface area contributed by atoms with Crippen LogP contribution in [0, 0.1) is 0 Å². The summed E-state index contributed by atoms with van der Waals surface area (Å²) in [6.07, 6.45) is 0. The number of amides is 2. The van der Waals surface area contributed by atoms with Gasteiger partial charge in [-0.25, -0.2) is 9.59 Å². The van der Waals surface area contributed by atoms with Gasteiger partial charge in [0.15, 0.2) is 0 Å². The lowest BCUT2D eigenvalue weighted by Crippen LogP contribution is -2.25. The maximum Gasteiger partial charge on any atom is 0.338 e. The summed E-state index contributed by atoms with van der Waals surface area (Å²) in [5.41, 5.74) is 14.8. The first-order valence-electron chi connectivity index (χ1n) is 9.70. The number of benzene rings is 5. The van der Waals surface area contributed by atoms with E-state index >= 15 is 0 Å². The Kier molecular flexibility index (Phi) is 3.96. The number of carbonyl (C=O) groups is 4. The van der Waals surface area contributed by atoms with Crippen molar-refractivity contribution < 1.29 is 29.4 Å². The minimum Gasteiger partial charge on any atom is -0.478 e. The number of rotatable bonds is 4. The SMILES string of the molecule is NC(=O)c1c(C(=O)O)c2c(C(=O)O)c(N)cc3c4cccc5cccc(c(c1C(N)=O)c23)c54. The summed E-state index contributed by atoms with van der Waals surface area (Å²) in [5, 5.41) is 23.1. The summed E-state index contributed by atoms with van der Waals surface area (Å²) in [5.74, 6) is -5.44. The third-order valence-corrected chi connectivity index (χ3v) is 5.99. The smallest absolute Gasteiger partial charge is 0.338 e. The van der Waals surface area contributed by atoms with Crippen molar-refractivity contribution in [2.45, 2.75) is 0 Å². The molecule has 0 aliphatic carbocycles. The van der Waals surface area contributed by atoms with Gasteiger partial charge in [-0.15, -0.1) is 0 Å². The van der Waals surface area contributed by atoms with Crippen molar-refractivity contribution in [3.05, 3.63) is 64.7 Å². The summed E-state index contributed by atoms with van der Waals surface area (Å²) in [6, 6.07) is 12.1. The fourth-order valence-corrected chi connectivity index (χ4v) is 4.91. The summed E-state index contributed by atoms with van der Waals surface area (Å²) in [6.45, 7) is 0. The number of primary amides is 2. The van der Waals surface area contributed by atoms with Crippen LogP contribution in [0.3, 0.4) is 0 Å². The van der Waals surface area contributed by atoms with Crippen LogP contribution in [0.15, 0.2) is 42.5 Å². The molecule has 0 aliphatic heterocycles. The number of hydrogen-bond donors (Lipinski definition) is 5. The molecule has 5 rings (SSSR count). The summed E-state index contributed by atoms with van der Waals surface area (Å²) < 4.78 is 0. The molecular formula is C24H15N3O6. The van der Waals surface area contributed by atoms with Crippen LogP contribution in [0.2, 0.25) is 0 Å². The molecule has 162 valence electrons. The standard InChI is InChI=1S/C24H15N3O6/c25-12-7-11-9-5-1-3-8-4-2-6-10(13(8)9)14-15(11)17(16(12)23(30)31)20(24(32)33)19(22(27)29)18(14)21(26)28/h1-7H,25H2,(H2,26,28)(H2,27,29)(H,30,31)(H,32,33). The van der Waals surface area contributed by atoms with Crippen molar-refractivity contribution in [2.75, 3.05) is 5.73 Å². The van der Waals surface area contributed by atoms with E-state index in [9.17, 15) is 29.4 Å². The Bertz CT molecular complexity index is 1730. The first-order chi connectivity index (χ1) is 15.6. The number of aromatic carboxylic acids is 2. The van der Waals surface area contributed by atoms with Gasteiger partial charge in [-0.1, -0.05) is 36.4 Å². The zero-order valence-electron chi connectivity index (χ0n) is 16.8. The number of nitrogens with two attached hydrogens (primary N) is 3. The van der Waals surface area contributed by atoms with Crippen molar-refractivity contribution in [2.24, 2.45) is 11.5 Å². The van der Waals surface area contributed by atoms with Gasteiger partial charge in [0.25, 0.3) is 0 Å². The number of fused-ring (bicyclic) bond motifs is 2. The molecule has 0 saturated carbocycles. The second kappa shape index (κ2) is 6.54. The highest BCUT2D eigenvalue weighted by Crippen LogP contribution is 2.46. The molecule has 9 heteroatoms. The molecule has 0 fully saturated rings. The van der Waals surface area contributed by atoms with Crippen LogP contribution in [-0.2, 0) is 0 Å². The zero-order chi connectivity index (χ0) is 23.8. The Morgan fingerprint density at radius 3 is 1.73 bits per heavy atom. The van der Waals surface area contributed by atoms with E-state index in [1.54, 1.807) is 24.3 Å². The second-order valence-corrected chi connectivity index (χ2v) is 7.69. The molecule has 0 spiro atoms. The lowest BCUT2D eigenvalue weighted by molar-refractivity contribution is 0.0693. The van der Waals surface area contributed by atoms with E-state index < -0.39 is 40.4 Å². The Labute approximate surface area is 184 Å². The number of anilines is 1. The first kappa shape index (κ1) is 20.0.